The van der Waals surface area contributed by atoms with Crippen molar-refractivity contribution >= 4 is 5.97 Å². The van der Waals surface area contributed by atoms with Crippen LogP contribution in [0.4, 0.5) is 0 Å². The number of carbonyl (C=O) groups excluding carboxylic acids is 1. The molecule has 0 spiro atoms. The molecular formula is C13H12NO3+. The lowest BCUT2D eigenvalue weighted by atomic mass is 10.1. The maximum Gasteiger partial charge on any atom is 0.337 e. The minimum Gasteiger partial charge on any atom is -0.465 e. The summed E-state index contributed by atoms with van der Waals surface area (Å²) in [6.45, 7) is 0. The summed E-state index contributed by atoms with van der Waals surface area (Å²) in [5, 5.41) is 9.65. The van der Waals surface area contributed by atoms with Gasteiger partial charge in [-0.05, 0) is 24.3 Å². The molecule has 1 aromatic heterocycles. The van der Waals surface area contributed by atoms with Crippen molar-refractivity contribution in [3.05, 3.63) is 54.2 Å². The zero-order valence-electron chi connectivity index (χ0n) is 9.33. The Bertz CT molecular complexity index is 552. The van der Waals surface area contributed by atoms with Gasteiger partial charge in [0, 0.05) is 16.9 Å². The van der Waals surface area contributed by atoms with E-state index in [0.29, 0.717) is 11.3 Å². The van der Waals surface area contributed by atoms with E-state index in [9.17, 15) is 10.0 Å². The highest BCUT2D eigenvalue weighted by Crippen LogP contribution is 2.16. The molecule has 0 bridgehead atoms. The molecule has 0 saturated heterocycles. The minimum atomic E-state index is -0.396. The van der Waals surface area contributed by atoms with Gasteiger partial charge in [-0.15, -0.1) is 0 Å². The van der Waals surface area contributed by atoms with Crippen LogP contribution < -0.4 is 4.73 Å². The summed E-state index contributed by atoms with van der Waals surface area (Å²) in [5.41, 5.74) is 1.81. The monoisotopic (exact) mass is 230 g/mol. The van der Waals surface area contributed by atoms with Crippen molar-refractivity contribution in [1.82, 2.24) is 0 Å². The van der Waals surface area contributed by atoms with Gasteiger partial charge in [0.1, 0.15) is 0 Å². The van der Waals surface area contributed by atoms with Crippen molar-refractivity contribution in [3.63, 3.8) is 0 Å². The fraction of sp³-hybridized carbons (Fsp3) is 0.0769. The quantitative estimate of drug-likeness (QED) is 0.485. The molecule has 0 unspecified atom stereocenters. The summed E-state index contributed by atoms with van der Waals surface area (Å²) in [7, 11) is 1.34. The number of hydrogen-bond acceptors (Lipinski definition) is 3. The fourth-order valence-corrected chi connectivity index (χ4v) is 1.59. The Morgan fingerprint density at radius 2 is 2.06 bits per heavy atom. The van der Waals surface area contributed by atoms with E-state index in [0.717, 1.165) is 10.3 Å². The van der Waals surface area contributed by atoms with Crippen LogP contribution in [0, 0.1) is 0 Å². The molecule has 2 aromatic rings. The predicted octanol–water partition coefficient (Wildman–Crippen LogP) is 1.66. The van der Waals surface area contributed by atoms with Crippen LogP contribution in [-0.4, -0.2) is 18.3 Å². The second-order valence-corrected chi connectivity index (χ2v) is 3.50. The maximum absolute atomic E-state index is 11.4. The third-order valence-electron chi connectivity index (χ3n) is 2.42. The van der Waals surface area contributed by atoms with Crippen LogP contribution in [0.25, 0.3) is 11.3 Å². The highest BCUT2D eigenvalue weighted by Gasteiger charge is 2.13. The highest BCUT2D eigenvalue weighted by molar-refractivity contribution is 5.90. The van der Waals surface area contributed by atoms with E-state index < -0.39 is 5.97 Å². The molecule has 1 aromatic carbocycles. The van der Waals surface area contributed by atoms with Crippen LogP contribution in [-0.2, 0) is 4.74 Å². The molecule has 0 atom stereocenters. The zero-order valence-corrected chi connectivity index (χ0v) is 9.33. The number of rotatable bonds is 2. The summed E-state index contributed by atoms with van der Waals surface area (Å²) in [6.07, 6.45) is 1.53. The molecule has 0 aliphatic carbocycles. The predicted molar refractivity (Wildman–Crippen MR) is 60.6 cm³/mol. The fourth-order valence-electron chi connectivity index (χ4n) is 1.59. The lowest BCUT2D eigenvalue weighted by molar-refractivity contribution is -0.896. The van der Waals surface area contributed by atoms with Crippen LogP contribution in [0.3, 0.4) is 0 Å². The third kappa shape index (κ3) is 2.25. The van der Waals surface area contributed by atoms with Gasteiger partial charge in [0.05, 0.1) is 18.2 Å². The molecule has 4 nitrogen and oxygen atoms in total. The number of carbonyl (C=O) groups is 1. The summed E-state index contributed by atoms with van der Waals surface area (Å²) >= 11 is 0. The largest absolute Gasteiger partial charge is 0.465 e. The van der Waals surface area contributed by atoms with Crippen LogP contribution in [0.5, 0.6) is 0 Å². The van der Waals surface area contributed by atoms with E-state index in [2.05, 4.69) is 4.74 Å². The van der Waals surface area contributed by atoms with Crippen molar-refractivity contribution in [1.29, 1.82) is 0 Å². The first kappa shape index (κ1) is 11.1. The normalized spacial score (nSPS) is 9.94. The summed E-state index contributed by atoms with van der Waals surface area (Å²) in [5.74, 6) is -0.396. The number of aromatic nitrogens is 1. The van der Waals surface area contributed by atoms with E-state index in [1.165, 1.54) is 13.3 Å². The number of pyridine rings is 1. The van der Waals surface area contributed by atoms with Gasteiger partial charge in [-0.1, -0.05) is 6.07 Å². The first-order valence-corrected chi connectivity index (χ1v) is 5.11. The molecule has 4 heteroatoms. The minimum absolute atomic E-state index is 0.396. The van der Waals surface area contributed by atoms with Gasteiger partial charge in [-0.25, -0.2) is 4.79 Å². The molecule has 0 saturated carbocycles. The second-order valence-electron chi connectivity index (χ2n) is 3.50. The van der Waals surface area contributed by atoms with Gasteiger partial charge < -0.3 is 4.74 Å². The molecule has 1 heterocycles. The molecule has 0 amide bonds. The van der Waals surface area contributed by atoms with Gasteiger partial charge in [0.25, 0.3) is 5.69 Å². The van der Waals surface area contributed by atoms with Crippen molar-refractivity contribution in [2.45, 2.75) is 0 Å². The number of ether oxygens (including phenoxy) is 1. The molecule has 0 radical (unpaired) electrons. The lowest BCUT2D eigenvalue weighted by Gasteiger charge is -2.01. The molecule has 2 rings (SSSR count). The Balaban J connectivity index is 2.47. The van der Waals surface area contributed by atoms with Crippen LogP contribution in [0.1, 0.15) is 10.4 Å². The summed E-state index contributed by atoms with van der Waals surface area (Å²) in [4.78, 5) is 11.4. The van der Waals surface area contributed by atoms with Gasteiger partial charge in [0.2, 0.25) is 6.20 Å². The zero-order chi connectivity index (χ0) is 12.3. The number of nitrogens with zero attached hydrogens (tertiary/aromatic N) is 1. The van der Waals surface area contributed by atoms with Crippen molar-refractivity contribution in [2.24, 2.45) is 0 Å². The topological polar surface area (TPSA) is 50.4 Å². The van der Waals surface area contributed by atoms with Gasteiger partial charge in [0.15, 0.2) is 0 Å². The number of esters is 1. The Kier molecular flexibility index (Phi) is 3.05. The first-order valence-electron chi connectivity index (χ1n) is 5.11. The average Bonchev–Trinajstić information content (AvgIpc) is 2.38. The Morgan fingerprint density at radius 3 is 2.76 bits per heavy atom. The third-order valence-corrected chi connectivity index (χ3v) is 2.42. The Hall–Kier alpha value is -2.36. The van der Waals surface area contributed by atoms with Gasteiger partial charge >= 0.3 is 5.97 Å². The standard InChI is InChI=1S/C13H12NO3/c1-17-13(15)11-6-4-5-10(9-11)12-7-2-3-8-14(12)16/h2-9,16H,1H3/q+1. The van der Waals surface area contributed by atoms with Crippen molar-refractivity contribution in [3.8, 4) is 11.3 Å². The van der Waals surface area contributed by atoms with Gasteiger partial charge in [-0.3, -0.25) is 5.21 Å². The molecule has 1 N–H and O–H groups in total. The summed E-state index contributed by atoms with van der Waals surface area (Å²) < 4.78 is 5.66. The van der Waals surface area contributed by atoms with Crippen LogP contribution >= 0.6 is 0 Å². The van der Waals surface area contributed by atoms with E-state index in [1.807, 2.05) is 12.1 Å². The van der Waals surface area contributed by atoms with E-state index in [4.69, 9.17) is 0 Å². The molecular weight excluding hydrogens is 218 g/mol. The van der Waals surface area contributed by atoms with E-state index in [-0.39, 0.29) is 0 Å². The maximum atomic E-state index is 11.4. The molecule has 17 heavy (non-hydrogen) atoms. The number of benzene rings is 1. The van der Waals surface area contributed by atoms with Gasteiger partial charge in [-0.2, -0.15) is 0 Å². The molecule has 0 aliphatic rings. The highest BCUT2D eigenvalue weighted by atomic mass is 16.5. The Morgan fingerprint density at radius 1 is 1.24 bits per heavy atom. The smallest absolute Gasteiger partial charge is 0.337 e. The molecule has 86 valence electrons. The second kappa shape index (κ2) is 4.65. The van der Waals surface area contributed by atoms with Crippen molar-refractivity contribution in [2.75, 3.05) is 7.11 Å². The lowest BCUT2D eigenvalue weighted by Crippen LogP contribution is -2.31. The number of methoxy groups -OCH3 is 1. The van der Waals surface area contributed by atoms with Crippen molar-refractivity contribution < 1.29 is 19.5 Å². The van der Waals surface area contributed by atoms with Crippen LogP contribution in [0.2, 0.25) is 0 Å². The molecule has 0 aliphatic heterocycles. The van der Waals surface area contributed by atoms with Crippen LogP contribution in [0.15, 0.2) is 48.7 Å². The summed E-state index contributed by atoms with van der Waals surface area (Å²) in [6, 6.07) is 12.2. The Labute approximate surface area is 98.7 Å². The number of hydrogen-bond donors (Lipinski definition) is 1. The molecule has 0 fully saturated rings. The van der Waals surface area contributed by atoms with E-state index >= 15 is 0 Å². The van der Waals surface area contributed by atoms with E-state index in [1.54, 1.807) is 30.3 Å². The average molecular weight is 230 g/mol. The first-order chi connectivity index (χ1) is 8.22. The SMILES string of the molecule is COC(=O)c1cccc(-c2cccc[n+]2O)c1.